The fourth-order valence-electron chi connectivity index (χ4n) is 9.52. The summed E-state index contributed by atoms with van der Waals surface area (Å²) in [6, 6.07) is 3.64. The first kappa shape index (κ1) is 57.1. The molecule has 3 aliphatic heterocycles. The maximum absolute atomic E-state index is 14.8. The SMILES string of the molecule is CC(C)[C@@H]1NC(=O)[C@H](Cc2cnc[nH]2)NC(=O)[C@@H](CC(N)=O)NC(=O)[C@H](Cc2ccccc2)NC(=O)[C@H]([C@@H](C)O)NC(=O)[C@H]2CCCN2C(=O)[C@@H]2CCCN2C(=O)[C@@H](Cc2ccccc2)NC(=O)[C@@H](CC(N)=O)NC1=O. The van der Waals surface area contributed by atoms with Gasteiger partial charge in [-0.25, -0.2) is 4.98 Å². The number of aromatic nitrogens is 2. The Morgan fingerprint density at radius 1 is 0.553 bits per heavy atom. The molecular weight excluding hydrogens is 987 g/mol. The molecule has 0 radical (unpaired) electrons. The summed E-state index contributed by atoms with van der Waals surface area (Å²) >= 11 is 0. The molecule has 2 aromatic carbocycles. The second-order valence-corrected chi connectivity index (χ2v) is 19.6. The molecule has 3 fully saturated rings. The molecule has 408 valence electrons. The van der Waals surface area contributed by atoms with Crippen LogP contribution in [-0.4, -0.2) is 163 Å². The van der Waals surface area contributed by atoms with Crippen LogP contribution < -0.4 is 48.7 Å². The first-order valence-corrected chi connectivity index (χ1v) is 25.2. The number of primary amides is 2. The summed E-state index contributed by atoms with van der Waals surface area (Å²) in [4.78, 5) is 164. The van der Waals surface area contributed by atoms with Crippen LogP contribution in [0.2, 0.25) is 0 Å². The maximum Gasteiger partial charge on any atom is 0.246 e. The van der Waals surface area contributed by atoms with Crippen molar-refractivity contribution in [3.63, 3.8) is 0 Å². The number of aliphatic hydroxyl groups is 1. The van der Waals surface area contributed by atoms with Gasteiger partial charge in [-0.3, -0.25) is 52.7 Å². The number of carbonyl (C=O) groups excluding carboxylic acids is 11. The Morgan fingerprint density at radius 3 is 1.51 bits per heavy atom. The van der Waals surface area contributed by atoms with Gasteiger partial charge in [-0.2, -0.15) is 0 Å². The zero-order chi connectivity index (χ0) is 55.2. The number of aromatic amines is 1. The highest BCUT2D eigenvalue weighted by molar-refractivity contribution is 6.01. The number of carbonyl (C=O) groups is 11. The Bertz CT molecular complexity index is 2600. The van der Waals surface area contributed by atoms with Gasteiger partial charge in [-0.05, 0) is 49.7 Å². The Hall–Kier alpha value is -8.22. The number of amides is 11. The van der Waals surface area contributed by atoms with Crippen molar-refractivity contribution in [1.82, 2.24) is 57.0 Å². The first-order valence-electron chi connectivity index (χ1n) is 25.2. The van der Waals surface area contributed by atoms with Crippen LogP contribution in [-0.2, 0) is 72.0 Å². The predicted octanol–water partition coefficient (Wildman–Crippen LogP) is -3.39. The van der Waals surface area contributed by atoms with E-state index in [1.165, 1.54) is 29.2 Å². The third-order valence-electron chi connectivity index (χ3n) is 13.5. The van der Waals surface area contributed by atoms with Gasteiger partial charge in [0.05, 0.1) is 25.3 Å². The molecule has 6 rings (SSSR count). The van der Waals surface area contributed by atoms with Gasteiger partial charge in [-0.1, -0.05) is 74.5 Å². The molecule has 11 amide bonds. The van der Waals surface area contributed by atoms with Gasteiger partial charge >= 0.3 is 0 Å². The van der Waals surface area contributed by atoms with Gasteiger partial charge < -0.3 is 68.6 Å². The number of H-pyrrole nitrogens is 1. The van der Waals surface area contributed by atoms with Crippen LogP contribution >= 0.6 is 0 Å². The molecule has 0 spiro atoms. The highest BCUT2D eigenvalue weighted by Crippen LogP contribution is 2.27. The molecule has 76 heavy (non-hydrogen) atoms. The lowest BCUT2D eigenvalue weighted by atomic mass is 10.0. The zero-order valence-electron chi connectivity index (χ0n) is 42.5. The number of nitrogens with one attached hydrogen (secondary N) is 8. The monoisotopic (exact) mass is 1050 g/mol. The number of nitrogens with two attached hydrogens (primary N) is 2. The minimum Gasteiger partial charge on any atom is -0.391 e. The van der Waals surface area contributed by atoms with Crippen molar-refractivity contribution in [2.24, 2.45) is 17.4 Å². The Balaban J connectivity index is 1.41. The minimum atomic E-state index is -1.77. The van der Waals surface area contributed by atoms with Crippen LogP contribution in [0.4, 0.5) is 0 Å². The summed E-state index contributed by atoms with van der Waals surface area (Å²) in [6.07, 6.45) is 0.0350. The molecule has 0 saturated carbocycles. The molecule has 0 unspecified atom stereocenters. The number of nitrogens with zero attached hydrogens (tertiary/aromatic N) is 3. The number of fused-ring (bicyclic) bond motifs is 2. The van der Waals surface area contributed by atoms with Gasteiger partial charge in [0.1, 0.15) is 54.4 Å². The number of hydrogen-bond donors (Lipinski definition) is 11. The summed E-state index contributed by atoms with van der Waals surface area (Å²) in [5.41, 5.74) is 12.6. The topological polar surface area (TPSA) is 379 Å². The molecule has 25 nitrogen and oxygen atoms in total. The van der Waals surface area contributed by atoms with Crippen LogP contribution in [0.25, 0.3) is 0 Å². The van der Waals surface area contributed by atoms with Crippen LogP contribution in [0.3, 0.4) is 0 Å². The van der Waals surface area contributed by atoms with E-state index in [1.807, 2.05) is 0 Å². The van der Waals surface area contributed by atoms with E-state index in [-0.39, 0.29) is 45.2 Å². The molecule has 0 bridgehead atoms. The second kappa shape index (κ2) is 26.3. The molecule has 13 N–H and O–H groups in total. The van der Waals surface area contributed by atoms with Gasteiger partial charge in [0.2, 0.25) is 65.0 Å². The molecule has 10 atom stereocenters. The van der Waals surface area contributed by atoms with Crippen LogP contribution in [0.1, 0.15) is 76.1 Å². The van der Waals surface area contributed by atoms with E-state index in [9.17, 15) is 57.8 Å². The van der Waals surface area contributed by atoms with Crippen molar-refractivity contribution in [2.75, 3.05) is 13.1 Å². The lowest BCUT2D eigenvalue weighted by molar-refractivity contribution is -0.148. The number of rotatable bonds is 12. The number of benzene rings is 2. The summed E-state index contributed by atoms with van der Waals surface area (Å²) in [5, 5.41) is 28.8. The lowest BCUT2D eigenvalue weighted by Crippen LogP contribution is -2.62. The highest BCUT2D eigenvalue weighted by Gasteiger charge is 2.45. The fourth-order valence-corrected chi connectivity index (χ4v) is 9.52. The van der Waals surface area contributed by atoms with E-state index < -0.39 is 144 Å². The molecular formula is C51H67N13O12. The molecule has 3 saturated heterocycles. The van der Waals surface area contributed by atoms with E-state index in [2.05, 4.69) is 47.2 Å². The third-order valence-corrected chi connectivity index (χ3v) is 13.5. The van der Waals surface area contributed by atoms with Gasteiger partial charge in [0, 0.05) is 44.2 Å². The van der Waals surface area contributed by atoms with Crippen molar-refractivity contribution in [1.29, 1.82) is 0 Å². The number of hydrogen-bond acceptors (Lipinski definition) is 13. The Morgan fingerprint density at radius 2 is 0.987 bits per heavy atom. The minimum absolute atomic E-state index is 0.0887. The number of aliphatic hydroxyl groups excluding tert-OH is 1. The van der Waals surface area contributed by atoms with Crippen molar-refractivity contribution in [3.8, 4) is 0 Å². The van der Waals surface area contributed by atoms with E-state index >= 15 is 0 Å². The van der Waals surface area contributed by atoms with Crippen molar-refractivity contribution < 1.29 is 57.8 Å². The molecule has 3 aromatic rings. The molecule has 4 heterocycles. The first-order chi connectivity index (χ1) is 36.2. The lowest BCUT2D eigenvalue weighted by Gasteiger charge is -2.34. The van der Waals surface area contributed by atoms with Crippen molar-refractivity contribution >= 4 is 65.0 Å². The van der Waals surface area contributed by atoms with E-state index in [1.54, 1.807) is 74.5 Å². The van der Waals surface area contributed by atoms with Crippen LogP contribution in [0, 0.1) is 5.92 Å². The zero-order valence-corrected chi connectivity index (χ0v) is 42.5. The van der Waals surface area contributed by atoms with E-state index in [0.717, 1.165) is 0 Å². The molecule has 1 aromatic heterocycles. The second-order valence-electron chi connectivity index (χ2n) is 19.6. The van der Waals surface area contributed by atoms with Crippen molar-refractivity contribution in [2.45, 2.75) is 139 Å². The average Bonchev–Trinajstić information content (AvgIpc) is 4.20. The van der Waals surface area contributed by atoms with E-state index in [0.29, 0.717) is 29.7 Å². The summed E-state index contributed by atoms with van der Waals surface area (Å²) in [6.45, 7) is 4.56. The standard InChI is InChI=1S/C51H67N13O12/c1-27(2)41-48(73)59-35(24-40(53)67)45(70)60-36(21-30-14-8-5-9-15-30)50(75)64-19-11-17-38(64)51(76)63-18-10-16-37(63)47(72)62-42(28(3)65)49(74)58-32(20-29-12-6-4-7-13-29)43(68)57-34(23-39(52)66)44(69)56-33(46(71)61-41)22-31-25-54-26-55-31/h4-9,12-15,25-28,32-38,41-42,65H,10-11,16-24H2,1-3H3,(H2,52,66)(H2,53,67)(H,54,55)(H,56,69)(H,57,68)(H,58,74)(H,59,73)(H,60,70)(H,61,71)(H,62,72)/t28-,32+,33+,34-,35-,36-,37-,38+,41+,42+/m1/s1. The highest BCUT2D eigenvalue weighted by atomic mass is 16.3. The molecule has 3 aliphatic rings. The normalized spacial score (nSPS) is 26.4. The smallest absolute Gasteiger partial charge is 0.246 e. The summed E-state index contributed by atoms with van der Waals surface area (Å²) in [5.74, 6) is -10.9. The summed E-state index contributed by atoms with van der Waals surface area (Å²) in [7, 11) is 0. The fraction of sp³-hybridized carbons (Fsp3) is 0.490. The maximum atomic E-state index is 14.8. The largest absolute Gasteiger partial charge is 0.391 e. The Kier molecular flexibility index (Phi) is 19.8. The number of imidazole rings is 1. The van der Waals surface area contributed by atoms with Crippen molar-refractivity contribution in [3.05, 3.63) is 90.0 Å². The van der Waals surface area contributed by atoms with Gasteiger partial charge in [0.15, 0.2) is 0 Å². The van der Waals surface area contributed by atoms with Gasteiger partial charge in [-0.15, -0.1) is 0 Å². The van der Waals surface area contributed by atoms with Crippen LogP contribution in [0.15, 0.2) is 73.2 Å². The predicted molar refractivity (Wildman–Crippen MR) is 270 cm³/mol. The van der Waals surface area contributed by atoms with Gasteiger partial charge in [0.25, 0.3) is 0 Å². The molecule has 0 aliphatic carbocycles. The average molecular weight is 1050 g/mol. The van der Waals surface area contributed by atoms with Crippen LogP contribution in [0.5, 0.6) is 0 Å². The van der Waals surface area contributed by atoms with E-state index in [4.69, 9.17) is 11.5 Å². The third kappa shape index (κ3) is 15.2. The Labute approximate surface area is 438 Å². The summed E-state index contributed by atoms with van der Waals surface area (Å²) < 4.78 is 0. The quantitative estimate of drug-likeness (QED) is 0.0845. The molecule has 25 heteroatoms.